The smallest absolute Gasteiger partial charge is 0.134 e. The first-order valence-electron chi connectivity index (χ1n) is 5.91. The second kappa shape index (κ2) is 5.65. The number of nitrogens with one attached hydrogen (secondary N) is 2. The highest BCUT2D eigenvalue weighted by molar-refractivity contribution is 5.48. The number of aromatic nitrogens is 2. The predicted molar refractivity (Wildman–Crippen MR) is 65.9 cm³/mol. The first-order chi connectivity index (χ1) is 7.90. The van der Waals surface area contributed by atoms with Crippen molar-refractivity contribution >= 4 is 11.6 Å². The fourth-order valence-electron chi connectivity index (χ4n) is 1.76. The van der Waals surface area contributed by atoms with Gasteiger partial charge in [-0.3, -0.25) is 0 Å². The van der Waals surface area contributed by atoms with Crippen LogP contribution in [0, 0.1) is 0 Å². The van der Waals surface area contributed by atoms with Crippen LogP contribution >= 0.6 is 0 Å². The monoisotopic (exact) mass is 221 g/mol. The normalized spacial score (nSPS) is 16.2. The lowest BCUT2D eigenvalue weighted by Gasteiger charge is -2.28. The van der Waals surface area contributed by atoms with Crippen molar-refractivity contribution in [1.29, 1.82) is 0 Å². The number of hydrogen-bond donors (Lipinski definition) is 2. The van der Waals surface area contributed by atoms with Gasteiger partial charge < -0.3 is 15.5 Å². The number of anilines is 2. The molecule has 5 nitrogen and oxygen atoms in total. The van der Waals surface area contributed by atoms with Crippen molar-refractivity contribution in [1.82, 2.24) is 15.3 Å². The van der Waals surface area contributed by atoms with Crippen LogP contribution < -0.4 is 15.5 Å². The summed E-state index contributed by atoms with van der Waals surface area (Å²) in [6.45, 7) is 7.20. The lowest BCUT2D eigenvalue weighted by molar-refractivity contribution is 0.584. The molecule has 0 amide bonds. The summed E-state index contributed by atoms with van der Waals surface area (Å²) >= 11 is 0. The zero-order chi connectivity index (χ0) is 11.2. The minimum absolute atomic E-state index is 0.922. The molecule has 1 aromatic rings. The molecule has 5 heteroatoms. The van der Waals surface area contributed by atoms with Crippen molar-refractivity contribution in [2.45, 2.75) is 13.3 Å². The zero-order valence-electron chi connectivity index (χ0n) is 9.74. The fourth-order valence-corrected chi connectivity index (χ4v) is 1.76. The molecule has 0 saturated carbocycles. The van der Waals surface area contributed by atoms with Crippen molar-refractivity contribution in [3.63, 3.8) is 0 Å². The van der Waals surface area contributed by atoms with E-state index in [9.17, 15) is 0 Å². The van der Waals surface area contributed by atoms with Crippen LogP contribution in [0.1, 0.15) is 13.3 Å². The fraction of sp³-hybridized carbons (Fsp3) is 0.636. The van der Waals surface area contributed by atoms with Gasteiger partial charge in [-0.15, -0.1) is 0 Å². The summed E-state index contributed by atoms with van der Waals surface area (Å²) in [5.41, 5.74) is 0. The van der Waals surface area contributed by atoms with E-state index in [1.165, 1.54) is 0 Å². The minimum atomic E-state index is 0.922. The van der Waals surface area contributed by atoms with Crippen LogP contribution in [0.5, 0.6) is 0 Å². The van der Waals surface area contributed by atoms with Gasteiger partial charge in [0.1, 0.15) is 18.0 Å². The summed E-state index contributed by atoms with van der Waals surface area (Å²) < 4.78 is 0. The van der Waals surface area contributed by atoms with Crippen LogP contribution in [0.15, 0.2) is 12.4 Å². The van der Waals surface area contributed by atoms with Crippen LogP contribution in [0.2, 0.25) is 0 Å². The van der Waals surface area contributed by atoms with Gasteiger partial charge >= 0.3 is 0 Å². The lowest BCUT2D eigenvalue weighted by atomic mass is 10.3. The second-order valence-corrected chi connectivity index (χ2v) is 3.93. The van der Waals surface area contributed by atoms with Crippen LogP contribution in [-0.2, 0) is 0 Å². The van der Waals surface area contributed by atoms with E-state index in [2.05, 4.69) is 32.4 Å². The molecule has 2 heterocycles. The third kappa shape index (κ3) is 2.82. The van der Waals surface area contributed by atoms with E-state index < -0.39 is 0 Å². The SMILES string of the molecule is CCCNc1cc(N2CCNCC2)ncn1. The van der Waals surface area contributed by atoms with Gasteiger partial charge in [-0.2, -0.15) is 0 Å². The molecule has 1 aliphatic heterocycles. The van der Waals surface area contributed by atoms with Gasteiger partial charge in [0.15, 0.2) is 0 Å². The minimum Gasteiger partial charge on any atom is -0.370 e. The summed E-state index contributed by atoms with van der Waals surface area (Å²) in [5.74, 6) is 1.94. The van der Waals surface area contributed by atoms with E-state index in [1.807, 2.05) is 6.07 Å². The molecular weight excluding hydrogens is 202 g/mol. The molecule has 1 saturated heterocycles. The highest BCUT2D eigenvalue weighted by Gasteiger charge is 2.11. The average Bonchev–Trinajstić information content (AvgIpc) is 2.38. The number of nitrogens with zero attached hydrogens (tertiary/aromatic N) is 3. The quantitative estimate of drug-likeness (QED) is 0.784. The molecule has 1 fully saturated rings. The zero-order valence-corrected chi connectivity index (χ0v) is 9.74. The Balaban J connectivity index is 2.02. The summed E-state index contributed by atoms with van der Waals surface area (Å²) in [4.78, 5) is 10.8. The molecule has 16 heavy (non-hydrogen) atoms. The molecule has 0 atom stereocenters. The average molecular weight is 221 g/mol. The van der Waals surface area contributed by atoms with Crippen molar-refractivity contribution in [3.05, 3.63) is 12.4 Å². The molecule has 0 spiro atoms. The Hall–Kier alpha value is -1.36. The topological polar surface area (TPSA) is 53.1 Å². The molecule has 0 radical (unpaired) electrons. The Morgan fingerprint density at radius 2 is 2.19 bits per heavy atom. The summed E-state index contributed by atoms with van der Waals surface area (Å²) in [7, 11) is 0. The Morgan fingerprint density at radius 1 is 1.38 bits per heavy atom. The molecular formula is C11H19N5. The van der Waals surface area contributed by atoms with Gasteiger partial charge in [0, 0.05) is 38.8 Å². The largest absolute Gasteiger partial charge is 0.370 e. The Labute approximate surface area is 96.3 Å². The van der Waals surface area contributed by atoms with Gasteiger partial charge in [-0.05, 0) is 6.42 Å². The maximum absolute atomic E-state index is 4.32. The van der Waals surface area contributed by atoms with Gasteiger partial charge in [0.25, 0.3) is 0 Å². The van der Waals surface area contributed by atoms with Gasteiger partial charge in [0.2, 0.25) is 0 Å². The Bertz CT molecular complexity index is 322. The maximum Gasteiger partial charge on any atom is 0.134 e. The lowest BCUT2D eigenvalue weighted by Crippen LogP contribution is -2.43. The standard InChI is InChI=1S/C11H19N5/c1-2-3-13-10-8-11(15-9-14-10)16-6-4-12-5-7-16/h8-9,12H,2-7H2,1H3,(H,13,14,15). The van der Waals surface area contributed by atoms with Crippen molar-refractivity contribution < 1.29 is 0 Å². The van der Waals surface area contributed by atoms with E-state index in [0.29, 0.717) is 0 Å². The van der Waals surface area contributed by atoms with Crippen molar-refractivity contribution in [3.8, 4) is 0 Å². The summed E-state index contributed by atoms with van der Waals surface area (Å²) in [6.07, 6.45) is 2.74. The third-order valence-electron chi connectivity index (χ3n) is 2.65. The highest BCUT2D eigenvalue weighted by Crippen LogP contribution is 2.14. The van der Waals surface area contributed by atoms with Crippen LogP contribution in [0.3, 0.4) is 0 Å². The Kier molecular flexibility index (Phi) is 3.93. The van der Waals surface area contributed by atoms with Crippen LogP contribution in [-0.4, -0.2) is 42.7 Å². The van der Waals surface area contributed by atoms with E-state index in [1.54, 1.807) is 6.33 Å². The summed E-state index contributed by atoms with van der Waals surface area (Å²) in [5, 5.41) is 6.61. The van der Waals surface area contributed by atoms with Crippen LogP contribution in [0.25, 0.3) is 0 Å². The molecule has 1 aliphatic rings. The molecule has 88 valence electrons. The molecule has 0 aliphatic carbocycles. The van der Waals surface area contributed by atoms with Crippen molar-refractivity contribution in [2.75, 3.05) is 42.9 Å². The van der Waals surface area contributed by atoms with Crippen LogP contribution in [0.4, 0.5) is 11.6 Å². The number of hydrogen-bond acceptors (Lipinski definition) is 5. The predicted octanol–water partition coefficient (Wildman–Crippen LogP) is 0.708. The molecule has 0 aromatic carbocycles. The van der Waals surface area contributed by atoms with E-state index >= 15 is 0 Å². The molecule has 1 aromatic heterocycles. The van der Waals surface area contributed by atoms with Gasteiger partial charge in [-0.1, -0.05) is 6.92 Å². The number of rotatable bonds is 4. The highest BCUT2D eigenvalue weighted by atomic mass is 15.2. The Morgan fingerprint density at radius 3 is 2.94 bits per heavy atom. The number of piperazine rings is 1. The van der Waals surface area contributed by atoms with Crippen molar-refractivity contribution in [2.24, 2.45) is 0 Å². The van der Waals surface area contributed by atoms with E-state index in [-0.39, 0.29) is 0 Å². The molecule has 0 unspecified atom stereocenters. The molecule has 2 rings (SSSR count). The third-order valence-corrected chi connectivity index (χ3v) is 2.65. The summed E-state index contributed by atoms with van der Waals surface area (Å²) in [6, 6.07) is 2.03. The first kappa shape index (κ1) is 11.1. The first-order valence-corrected chi connectivity index (χ1v) is 5.91. The maximum atomic E-state index is 4.32. The second-order valence-electron chi connectivity index (χ2n) is 3.93. The van der Waals surface area contributed by atoms with E-state index in [4.69, 9.17) is 0 Å². The van der Waals surface area contributed by atoms with Gasteiger partial charge in [-0.25, -0.2) is 9.97 Å². The van der Waals surface area contributed by atoms with Gasteiger partial charge in [0.05, 0.1) is 0 Å². The molecule has 0 bridgehead atoms. The molecule has 2 N–H and O–H groups in total. The van der Waals surface area contributed by atoms with E-state index in [0.717, 1.165) is 50.8 Å².